The molecule has 3 aliphatic rings. The van der Waals surface area contributed by atoms with Crippen molar-refractivity contribution in [3.63, 3.8) is 0 Å². The van der Waals surface area contributed by atoms with Crippen LogP contribution in [0, 0.1) is 23.2 Å². The Hall–Kier alpha value is -0.820. The van der Waals surface area contributed by atoms with Gasteiger partial charge in [0, 0.05) is 0 Å². The molecule has 1 nitrogen and oxygen atoms in total. The van der Waals surface area contributed by atoms with E-state index < -0.39 is 0 Å². The van der Waals surface area contributed by atoms with Crippen molar-refractivity contribution in [2.24, 2.45) is 23.2 Å². The van der Waals surface area contributed by atoms with Crippen molar-refractivity contribution >= 4 is 0 Å². The third-order valence-corrected chi connectivity index (χ3v) is 8.57. The second-order valence-electron chi connectivity index (χ2n) is 10.7. The zero-order chi connectivity index (χ0) is 19.2. The summed E-state index contributed by atoms with van der Waals surface area (Å²) < 4.78 is 0. The smallest absolute Gasteiger partial charge is 0.0583 e. The van der Waals surface area contributed by atoms with Gasteiger partial charge in [0.05, 0.1) is 6.10 Å². The Bertz CT molecular complexity index is 675. The molecule has 0 unspecified atom stereocenters. The first kappa shape index (κ1) is 19.5. The van der Waals surface area contributed by atoms with Crippen LogP contribution < -0.4 is 0 Å². The molecular formula is C26H40O. The number of benzene rings is 1. The van der Waals surface area contributed by atoms with E-state index in [2.05, 4.69) is 39.8 Å². The number of hydrogen-bond acceptors (Lipinski definition) is 1. The molecule has 0 radical (unpaired) electrons. The molecule has 4 rings (SSSR count). The molecule has 1 saturated carbocycles. The van der Waals surface area contributed by atoms with Crippen LogP contribution in [-0.4, -0.2) is 11.2 Å². The Kier molecular flexibility index (Phi) is 5.45. The van der Waals surface area contributed by atoms with Gasteiger partial charge < -0.3 is 5.11 Å². The molecule has 0 amide bonds. The number of rotatable bonds is 5. The minimum absolute atomic E-state index is 0.119. The van der Waals surface area contributed by atoms with E-state index in [0.717, 1.165) is 42.9 Å². The highest BCUT2D eigenvalue weighted by molar-refractivity contribution is 5.47. The molecule has 1 heteroatoms. The van der Waals surface area contributed by atoms with Gasteiger partial charge in [-0.05, 0) is 96.3 Å². The third-order valence-electron chi connectivity index (χ3n) is 8.57. The van der Waals surface area contributed by atoms with Gasteiger partial charge >= 0.3 is 0 Å². The first-order chi connectivity index (χ1) is 12.9. The average molecular weight is 369 g/mol. The van der Waals surface area contributed by atoms with E-state index in [1.54, 1.807) is 16.7 Å². The SMILES string of the molecule is CC(C)CCC[C@@H](C)[C@H]1CC[C@H]2c3ccc4c(c3CC[C@]12C)CC[C@H](O)C4. The number of aliphatic hydroxyl groups is 1. The first-order valence-corrected chi connectivity index (χ1v) is 11.7. The molecule has 0 heterocycles. The zero-order valence-electron chi connectivity index (χ0n) is 18.1. The normalized spacial score (nSPS) is 33.5. The van der Waals surface area contributed by atoms with Gasteiger partial charge in [0.2, 0.25) is 0 Å². The molecule has 5 atom stereocenters. The van der Waals surface area contributed by atoms with Crippen molar-refractivity contribution in [2.45, 2.75) is 104 Å². The van der Waals surface area contributed by atoms with Gasteiger partial charge in [-0.2, -0.15) is 0 Å². The monoisotopic (exact) mass is 368 g/mol. The largest absolute Gasteiger partial charge is 0.393 e. The van der Waals surface area contributed by atoms with Crippen LogP contribution in [0.15, 0.2) is 12.1 Å². The van der Waals surface area contributed by atoms with Crippen LogP contribution >= 0.6 is 0 Å². The van der Waals surface area contributed by atoms with Crippen LogP contribution in [0.3, 0.4) is 0 Å². The highest BCUT2D eigenvalue weighted by Crippen LogP contribution is 2.61. The summed E-state index contributed by atoms with van der Waals surface area (Å²) in [5, 5.41) is 10.1. The fourth-order valence-corrected chi connectivity index (χ4v) is 7.06. The fraction of sp³-hybridized carbons (Fsp3) is 0.769. The summed E-state index contributed by atoms with van der Waals surface area (Å²) in [6.07, 6.45) is 12.5. The Balaban J connectivity index is 1.54. The maximum absolute atomic E-state index is 10.1. The predicted molar refractivity (Wildman–Crippen MR) is 114 cm³/mol. The van der Waals surface area contributed by atoms with Crippen LogP contribution in [-0.2, 0) is 19.3 Å². The topological polar surface area (TPSA) is 20.2 Å². The Morgan fingerprint density at radius 3 is 2.63 bits per heavy atom. The first-order valence-electron chi connectivity index (χ1n) is 11.7. The van der Waals surface area contributed by atoms with Crippen LogP contribution in [0.5, 0.6) is 0 Å². The van der Waals surface area contributed by atoms with Gasteiger partial charge in [-0.25, -0.2) is 0 Å². The van der Waals surface area contributed by atoms with Crippen LogP contribution in [0.1, 0.15) is 101 Å². The summed E-state index contributed by atoms with van der Waals surface area (Å²) in [6, 6.07) is 4.82. The maximum atomic E-state index is 10.1. The van der Waals surface area contributed by atoms with E-state index in [-0.39, 0.29) is 6.10 Å². The van der Waals surface area contributed by atoms with Gasteiger partial charge in [-0.3, -0.25) is 0 Å². The number of hydrogen-bond donors (Lipinski definition) is 1. The molecule has 0 spiro atoms. The lowest BCUT2D eigenvalue weighted by Crippen LogP contribution is -2.36. The fourth-order valence-electron chi connectivity index (χ4n) is 7.06. The van der Waals surface area contributed by atoms with Gasteiger partial charge in [0.15, 0.2) is 0 Å². The van der Waals surface area contributed by atoms with E-state index in [1.807, 2.05) is 0 Å². The molecule has 150 valence electrons. The second kappa shape index (κ2) is 7.54. The molecule has 3 aliphatic carbocycles. The molecule has 0 saturated heterocycles. The molecule has 0 bridgehead atoms. The number of aliphatic hydroxyl groups excluding tert-OH is 1. The molecule has 1 N–H and O–H groups in total. The van der Waals surface area contributed by atoms with Crippen molar-refractivity contribution in [3.8, 4) is 0 Å². The standard InChI is InChI=1S/C26H40O/c1-17(2)6-5-7-18(3)24-12-13-25-23-10-8-19-16-20(27)9-11-21(19)22(23)14-15-26(24,25)4/h8,10,17-18,20,24-25,27H,5-7,9,11-16H2,1-4H3/t18-,20+,24-,25+,26-/m1/s1. The lowest BCUT2D eigenvalue weighted by Gasteiger charge is -2.45. The molecule has 0 aromatic heterocycles. The second-order valence-corrected chi connectivity index (χ2v) is 10.7. The van der Waals surface area contributed by atoms with Gasteiger partial charge in [0.25, 0.3) is 0 Å². The average Bonchev–Trinajstić information content (AvgIpc) is 2.98. The molecular weight excluding hydrogens is 328 g/mol. The Morgan fingerprint density at radius 1 is 1.04 bits per heavy atom. The summed E-state index contributed by atoms with van der Waals surface area (Å²) in [4.78, 5) is 0. The van der Waals surface area contributed by atoms with Crippen LogP contribution in [0.25, 0.3) is 0 Å². The highest BCUT2D eigenvalue weighted by atomic mass is 16.3. The van der Waals surface area contributed by atoms with E-state index in [0.29, 0.717) is 5.41 Å². The summed E-state index contributed by atoms with van der Waals surface area (Å²) >= 11 is 0. The van der Waals surface area contributed by atoms with Gasteiger partial charge in [-0.1, -0.05) is 59.1 Å². The Labute approximate surface area is 167 Å². The zero-order valence-corrected chi connectivity index (χ0v) is 18.1. The highest BCUT2D eigenvalue weighted by Gasteiger charge is 2.51. The lowest BCUT2D eigenvalue weighted by atomic mass is 9.59. The third kappa shape index (κ3) is 3.50. The molecule has 0 aliphatic heterocycles. The summed E-state index contributed by atoms with van der Waals surface area (Å²) in [7, 11) is 0. The van der Waals surface area contributed by atoms with E-state index in [9.17, 15) is 5.11 Å². The van der Waals surface area contributed by atoms with Crippen molar-refractivity contribution in [1.82, 2.24) is 0 Å². The van der Waals surface area contributed by atoms with E-state index in [4.69, 9.17) is 0 Å². The molecule has 1 fully saturated rings. The number of fused-ring (bicyclic) bond motifs is 5. The van der Waals surface area contributed by atoms with Crippen LogP contribution in [0.2, 0.25) is 0 Å². The molecule has 27 heavy (non-hydrogen) atoms. The van der Waals surface area contributed by atoms with Gasteiger partial charge in [0.1, 0.15) is 0 Å². The minimum atomic E-state index is -0.119. The van der Waals surface area contributed by atoms with E-state index >= 15 is 0 Å². The van der Waals surface area contributed by atoms with Crippen molar-refractivity contribution < 1.29 is 5.11 Å². The summed E-state index contributed by atoms with van der Waals surface area (Å²) in [5.41, 5.74) is 6.94. The molecule has 1 aromatic rings. The summed E-state index contributed by atoms with van der Waals surface area (Å²) in [6.45, 7) is 9.88. The quantitative estimate of drug-likeness (QED) is 0.633. The van der Waals surface area contributed by atoms with Gasteiger partial charge in [-0.15, -0.1) is 0 Å². The van der Waals surface area contributed by atoms with E-state index in [1.165, 1.54) is 50.5 Å². The maximum Gasteiger partial charge on any atom is 0.0583 e. The van der Waals surface area contributed by atoms with Crippen molar-refractivity contribution in [3.05, 3.63) is 34.4 Å². The summed E-state index contributed by atoms with van der Waals surface area (Å²) in [5.74, 6) is 3.39. The van der Waals surface area contributed by atoms with Crippen LogP contribution in [0.4, 0.5) is 0 Å². The van der Waals surface area contributed by atoms with Crippen molar-refractivity contribution in [2.75, 3.05) is 0 Å². The lowest BCUT2D eigenvalue weighted by molar-refractivity contribution is 0.118. The predicted octanol–water partition coefficient (Wildman–Crippen LogP) is 6.44. The van der Waals surface area contributed by atoms with Crippen molar-refractivity contribution in [1.29, 1.82) is 0 Å². The minimum Gasteiger partial charge on any atom is -0.393 e. The Morgan fingerprint density at radius 2 is 1.85 bits per heavy atom. The molecule has 1 aromatic carbocycles.